The number of alkyl halides is 3. The molecule has 0 aliphatic heterocycles. The Morgan fingerprint density at radius 1 is 1.18 bits per heavy atom. The number of nitrogens with zero attached hydrogens (tertiary/aromatic N) is 2. The van der Waals surface area contributed by atoms with E-state index in [-0.39, 0.29) is 11.1 Å². The van der Waals surface area contributed by atoms with Gasteiger partial charge in [0.05, 0.1) is 5.56 Å². The second-order valence-electron chi connectivity index (χ2n) is 3.02. The normalized spacial score (nSPS) is 10.2. The van der Waals surface area contributed by atoms with Gasteiger partial charge in [0.1, 0.15) is 23.5 Å². The Bertz CT molecular complexity index is 528. The molecule has 0 aliphatic carbocycles. The topological polar surface area (TPSA) is 47.6 Å². The van der Waals surface area contributed by atoms with E-state index in [0.29, 0.717) is 12.1 Å². The van der Waals surface area contributed by atoms with Crippen molar-refractivity contribution in [2.75, 3.05) is 0 Å². The summed E-state index contributed by atoms with van der Waals surface area (Å²) in [4.78, 5) is 0. The Morgan fingerprint density at radius 2 is 1.76 bits per heavy atom. The smallest absolute Gasteiger partial charge is 0.206 e. The molecular weight excluding hydrogens is 236 g/mol. The summed E-state index contributed by atoms with van der Waals surface area (Å²) < 4.78 is 49.7. The lowest BCUT2D eigenvalue weighted by molar-refractivity contribution is -0.140. The van der Waals surface area contributed by atoms with Gasteiger partial charge in [0.15, 0.2) is 0 Å². The van der Waals surface area contributed by atoms with E-state index in [4.69, 9.17) is 10.5 Å². The summed E-state index contributed by atoms with van der Waals surface area (Å²) in [5, 5.41) is 16.9. The van der Waals surface area contributed by atoms with Crippen molar-refractivity contribution in [3.05, 3.63) is 40.7 Å². The molecule has 6 heteroatoms. The first-order valence-electron chi connectivity index (χ1n) is 4.27. The lowest BCUT2D eigenvalue weighted by Gasteiger charge is -2.07. The van der Waals surface area contributed by atoms with E-state index >= 15 is 0 Å². The maximum absolute atomic E-state index is 13.1. The third kappa shape index (κ3) is 3.05. The summed E-state index contributed by atoms with van der Waals surface area (Å²) in [5.41, 5.74) is -1.68. The van der Waals surface area contributed by atoms with Crippen molar-refractivity contribution in [2.24, 2.45) is 0 Å². The summed E-state index contributed by atoms with van der Waals surface area (Å²) in [6, 6.07) is 5.21. The van der Waals surface area contributed by atoms with Crippen LogP contribution in [0.4, 0.5) is 17.6 Å². The van der Waals surface area contributed by atoms with Crippen molar-refractivity contribution < 1.29 is 17.6 Å². The van der Waals surface area contributed by atoms with E-state index in [2.05, 4.69) is 0 Å². The minimum Gasteiger partial charge on any atom is -0.206 e. The van der Waals surface area contributed by atoms with Crippen LogP contribution >= 0.6 is 0 Å². The van der Waals surface area contributed by atoms with Crippen molar-refractivity contribution in [1.29, 1.82) is 10.5 Å². The third-order valence-corrected chi connectivity index (χ3v) is 1.85. The van der Waals surface area contributed by atoms with Crippen LogP contribution in [0.5, 0.6) is 0 Å². The molecule has 1 aromatic rings. The van der Waals surface area contributed by atoms with Crippen molar-refractivity contribution in [3.8, 4) is 12.1 Å². The molecule has 0 N–H and O–H groups in total. The van der Waals surface area contributed by atoms with E-state index in [9.17, 15) is 17.6 Å². The third-order valence-electron chi connectivity index (χ3n) is 1.85. The highest BCUT2D eigenvalue weighted by Crippen LogP contribution is 2.31. The van der Waals surface area contributed by atoms with Crippen molar-refractivity contribution >= 4 is 6.08 Å². The van der Waals surface area contributed by atoms with Crippen LogP contribution in [0.25, 0.3) is 6.08 Å². The summed E-state index contributed by atoms with van der Waals surface area (Å²) in [6.07, 6.45) is -3.76. The molecule has 0 fully saturated rings. The number of benzene rings is 1. The van der Waals surface area contributed by atoms with Gasteiger partial charge in [0.25, 0.3) is 0 Å². The molecule has 0 unspecified atom stereocenters. The standard InChI is InChI=1S/C11H4F4N2/c12-10-4-7(3-8(5-16)6-17)1-2-9(10)11(13,14)15/h1-4H. The Hall–Kier alpha value is -2.34. The number of hydrogen-bond donors (Lipinski definition) is 0. The van der Waals surface area contributed by atoms with Crippen molar-refractivity contribution in [3.63, 3.8) is 0 Å². The molecule has 0 atom stereocenters. The molecule has 0 saturated heterocycles. The Labute approximate surface area is 94.0 Å². The SMILES string of the molecule is N#CC(C#N)=Cc1ccc(C(F)(F)F)c(F)c1. The van der Waals surface area contributed by atoms with E-state index < -0.39 is 17.6 Å². The Kier molecular flexibility index (Phi) is 3.49. The predicted molar refractivity (Wildman–Crippen MR) is 50.6 cm³/mol. The van der Waals surface area contributed by atoms with Crippen LogP contribution in [0.15, 0.2) is 23.8 Å². The Morgan fingerprint density at radius 3 is 2.18 bits per heavy atom. The highest BCUT2D eigenvalue weighted by molar-refractivity contribution is 5.62. The van der Waals surface area contributed by atoms with Crippen LogP contribution in [0.1, 0.15) is 11.1 Å². The molecule has 0 aliphatic rings. The zero-order chi connectivity index (χ0) is 13.1. The van der Waals surface area contributed by atoms with Gasteiger partial charge in [-0.2, -0.15) is 23.7 Å². The molecule has 1 aromatic carbocycles. The summed E-state index contributed by atoms with van der Waals surface area (Å²) in [7, 11) is 0. The minimum absolute atomic E-state index is 0.0219. The van der Waals surface area contributed by atoms with Gasteiger partial charge in [0.2, 0.25) is 0 Å². The molecule has 0 aromatic heterocycles. The number of rotatable bonds is 1. The van der Waals surface area contributed by atoms with Crippen LogP contribution in [-0.2, 0) is 6.18 Å². The molecule has 0 saturated carbocycles. The molecule has 0 amide bonds. The summed E-state index contributed by atoms with van der Waals surface area (Å²) in [5.74, 6) is -1.44. The van der Waals surface area contributed by atoms with Gasteiger partial charge in [-0.1, -0.05) is 6.07 Å². The molecule has 0 radical (unpaired) electrons. The number of nitriles is 2. The quantitative estimate of drug-likeness (QED) is 0.558. The van der Waals surface area contributed by atoms with Gasteiger partial charge in [-0.15, -0.1) is 0 Å². The summed E-state index contributed by atoms with van der Waals surface area (Å²) >= 11 is 0. The second-order valence-corrected chi connectivity index (χ2v) is 3.02. The highest BCUT2D eigenvalue weighted by Gasteiger charge is 2.33. The lowest BCUT2D eigenvalue weighted by atomic mass is 10.1. The van der Waals surface area contributed by atoms with Crippen LogP contribution < -0.4 is 0 Å². The van der Waals surface area contributed by atoms with Gasteiger partial charge in [-0.05, 0) is 23.8 Å². The second kappa shape index (κ2) is 4.67. The fraction of sp³-hybridized carbons (Fsp3) is 0.0909. The molecular formula is C11H4F4N2. The molecule has 86 valence electrons. The van der Waals surface area contributed by atoms with Crippen LogP contribution in [-0.4, -0.2) is 0 Å². The van der Waals surface area contributed by atoms with Gasteiger partial charge in [-0.25, -0.2) is 4.39 Å². The van der Waals surface area contributed by atoms with E-state index in [0.717, 1.165) is 12.1 Å². The molecule has 0 heterocycles. The first-order chi connectivity index (χ1) is 7.88. The molecule has 0 bridgehead atoms. The highest BCUT2D eigenvalue weighted by atomic mass is 19.4. The predicted octanol–water partition coefficient (Wildman–Crippen LogP) is 3.28. The van der Waals surface area contributed by atoms with Gasteiger partial charge in [-0.3, -0.25) is 0 Å². The van der Waals surface area contributed by atoms with Gasteiger partial charge >= 0.3 is 6.18 Å². The average molecular weight is 240 g/mol. The first kappa shape index (κ1) is 12.7. The van der Waals surface area contributed by atoms with E-state index in [1.807, 2.05) is 0 Å². The molecule has 0 spiro atoms. The van der Waals surface area contributed by atoms with Crippen LogP contribution in [0.2, 0.25) is 0 Å². The lowest BCUT2D eigenvalue weighted by Crippen LogP contribution is -2.07. The number of halogens is 4. The largest absolute Gasteiger partial charge is 0.419 e. The number of allylic oxidation sites excluding steroid dienone is 1. The van der Waals surface area contributed by atoms with Gasteiger partial charge < -0.3 is 0 Å². The first-order valence-corrected chi connectivity index (χ1v) is 4.27. The van der Waals surface area contributed by atoms with Crippen molar-refractivity contribution in [2.45, 2.75) is 6.18 Å². The molecule has 2 nitrogen and oxygen atoms in total. The minimum atomic E-state index is -4.76. The zero-order valence-corrected chi connectivity index (χ0v) is 8.22. The zero-order valence-electron chi connectivity index (χ0n) is 8.22. The van der Waals surface area contributed by atoms with Crippen LogP contribution in [0, 0.1) is 28.5 Å². The Balaban J connectivity index is 3.21. The van der Waals surface area contributed by atoms with Gasteiger partial charge in [0, 0.05) is 0 Å². The monoisotopic (exact) mass is 240 g/mol. The van der Waals surface area contributed by atoms with Crippen molar-refractivity contribution in [1.82, 2.24) is 0 Å². The molecule has 1 rings (SSSR count). The number of hydrogen-bond acceptors (Lipinski definition) is 2. The maximum Gasteiger partial charge on any atom is 0.419 e. The fourth-order valence-corrected chi connectivity index (χ4v) is 1.11. The van der Waals surface area contributed by atoms with E-state index in [1.165, 1.54) is 12.1 Å². The molecule has 17 heavy (non-hydrogen) atoms. The fourth-order valence-electron chi connectivity index (χ4n) is 1.11. The maximum atomic E-state index is 13.1. The van der Waals surface area contributed by atoms with E-state index in [1.54, 1.807) is 0 Å². The average Bonchev–Trinajstić information content (AvgIpc) is 2.24. The summed E-state index contributed by atoms with van der Waals surface area (Å²) in [6.45, 7) is 0. The van der Waals surface area contributed by atoms with Crippen LogP contribution in [0.3, 0.4) is 0 Å².